The van der Waals surface area contributed by atoms with Gasteiger partial charge in [0.25, 0.3) is 0 Å². The zero-order chi connectivity index (χ0) is 13.8. The number of imidazole rings is 1. The Kier molecular flexibility index (Phi) is 4.36. The lowest BCUT2D eigenvalue weighted by Crippen LogP contribution is -1.96. The third-order valence-electron chi connectivity index (χ3n) is 2.60. The first-order valence-electron chi connectivity index (χ1n) is 5.66. The molecule has 0 aliphatic carbocycles. The van der Waals surface area contributed by atoms with Gasteiger partial charge in [-0.1, -0.05) is 12.1 Å². The third-order valence-corrected chi connectivity index (χ3v) is 2.96. The van der Waals surface area contributed by atoms with Crippen LogP contribution in [-0.2, 0) is 4.79 Å². The second-order valence-electron chi connectivity index (χ2n) is 3.99. The topological polar surface area (TPSA) is 44.1 Å². The molecule has 5 heteroatoms. The van der Waals surface area contributed by atoms with E-state index in [1.165, 1.54) is 6.08 Å². The van der Waals surface area contributed by atoms with Crippen LogP contribution in [0.3, 0.4) is 0 Å². The molecule has 0 unspecified atom stereocenters. The summed E-state index contributed by atoms with van der Waals surface area (Å²) in [5.41, 5.74) is 2.78. The number of ether oxygens (including phenoxy) is 1. The minimum atomic E-state index is -0.00845. The van der Waals surface area contributed by atoms with E-state index in [2.05, 4.69) is 4.98 Å². The Hall–Kier alpha value is -1.63. The van der Waals surface area contributed by atoms with Gasteiger partial charge in [0.15, 0.2) is 0 Å². The van der Waals surface area contributed by atoms with Crippen molar-refractivity contribution >= 4 is 32.5 Å². The molecule has 1 aromatic heterocycles. The molecule has 0 radical (unpaired) electrons. The summed E-state index contributed by atoms with van der Waals surface area (Å²) in [5, 5.41) is 0. The maximum Gasteiger partial charge on any atom is 0.215 e. The zero-order valence-corrected chi connectivity index (χ0v) is 12.8. The number of carbonyl (C=O) groups excluding carboxylic acids is 1. The molecule has 0 amide bonds. The van der Waals surface area contributed by atoms with Gasteiger partial charge >= 0.3 is 0 Å². The van der Waals surface area contributed by atoms with Crippen molar-refractivity contribution in [3.05, 3.63) is 48.1 Å². The molecule has 0 saturated carbocycles. The van der Waals surface area contributed by atoms with Crippen molar-refractivity contribution in [1.29, 1.82) is 0 Å². The lowest BCUT2D eigenvalue weighted by molar-refractivity contribution is -0.105. The van der Waals surface area contributed by atoms with Gasteiger partial charge in [0.05, 0.1) is 24.8 Å². The highest BCUT2D eigenvalue weighted by Gasteiger charge is 2.06. The fraction of sp³-hybridized carbons (Fsp3) is 0.143. The highest BCUT2D eigenvalue weighted by molar-refractivity contribution is 14.1. The van der Waals surface area contributed by atoms with Crippen LogP contribution in [0.1, 0.15) is 11.3 Å². The summed E-state index contributed by atoms with van der Waals surface area (Å²) in [4.78, 5) is 15.1. The van der Waals surface area contributed by atoms with E-state index in [1.807, 2.05) is 35.9 Å². The van der Waals surface area contributed by atoms with Crippen LogP contribution < -0.4 is 4.74 Å². The summed E-state index contributed by atoms with van der Waals surface area (Å²) in [6, 6.07) is 5.77. The van der Waals surface area contributed by atoms with E-state index in [9.17, 15) is 4.79 Å². The molecule has 1 aromatic carbocycles. The maximum absolute atomic E-state index is 10.9. The summed E-state index contributed by atoms with van der Waals surface area (Å²) < 4.78 is 7.29. The SMILES string of the molecule is COc1cc(/C=C/C(=O)I)ccc1-n1cnc(C)c1. The Labute approximate surface area is 125 Å². The molecule has 2 rings (SSSR count). The van der Waals surface area contributed by atoms with Crippen molar-refractivity contribution in [3.8, 4) is 11.4 Å². The quantitative estimate of drug-likeness (QED) is 0.473. The van der Waals surface area contributed by atoms with E-state index < -0.39 is 0 Å². The van der Waals surface area contributed by atoms with Crippen LogP contribution in [-0.4, -0.2) is 20.5 Å². The zero-order valence-electron chi connectivity index (χ0n) is 10.6. The number of hydrogen-bond donors (Lipinski definition) is 0. The van der Waals surface area contributed by atoms with Crippen LogP contribution in [0.15, 0.2) is 36.8 Å². The number of nitrogens with zero attached hydrogens (tertiary/aromatic N) is 2. The number of benzene rings is 1. The number of halogens is 1. The molecular weight excluding hydrogens is 355 g/mol. The average molecular weight is 368 g/mol. The van der Waals surface area contributed by atoms with Crippen molar-refractivity contribution in [1.82, 2.24) is 9.55 Å². The van der Waals surface area contributed by atoms with E-state index in [1.54, 1.807) is 42.1 Å². The summed E-state index contributed by atoms with van der Waals surface area (Å²) in [7, 11) is 1.62. The molecule has 1 heterocycles. The van der Waals surface area contributed by atoms with Crippen LogP contribution >= 0.6 is 22.6 Å². The number of rotatable bonds is 4. The Balaban J connectivity index is 2.39. The van der Waals surface area contributed by atoms with Gasteiger partial charge in [0, 0.05) is 28.8 Å². The smallest absolute Gasteiger partial charge is 0.215 e. The Morgan fingerprint density at radius 1 is 1.47 bits per heavy atom. The Bertz CT molecular complexity index is 632. The molecule has 0 saturated heterocycles. The molecule has 4 nitrogen and oxygen atoms in total. The van der Waals surface area contributed by atoms with Crippen LogP contribution in [0.5, 0.6) is 5.75 Å². The Morgan fingerprint density at radius 2 is 2.26 bits per heavy atom. The standard InChI is InChI=1S/C14H13IN2O2/c1-10-8-17(9-16-10)12-5-3-11(4-6-14(15)18)7-13(12)19-2/h3-9H,1-2H3/b6-4+. The highest BCUT2D eigenvalue weighted by atomic mass is 127. The van der Waals surface area contributed by atoms with Gasteiger partial charge in [-0.25, -0.2) is 4.98 Å². The van der Waals surface area contributed by atoms with E-state index in [0.29, 0.717) is 0 Å². The molecule has 19 heavy (non-hydrogen) atoms. The fourth-order valence-electron chi connectivity index (χ4n) is 1.73. The second-order valence-corrected chi connectivity index (χ2v) is 5.05. The third kappa shape index (κ3) is 3.44. The van der Waals surface area contributed by atoms with Gasteiger partial charge in [-0.2, -0.15) is 0 Å². The second kappa shape index (κ2) is 6.01. The first-order chi connectivity index (χ1) is 9.10. The molecule has 0 fully saturated rings. The normalized spacial score (nSPS) is 10.9. The van der Waals surface area contributed by atoms with Gasteiger partial charge in [-0.3, -0.25) is 4.79 Å². The molecule has 0 atom stereocenters. The molecule has 0 spiro atoms. The average Bonchev–Trinajstić information content (AvgIpc) is 2.82. The summed E-state index contributed by atoms with van der Waals surface area (Å²) >= 11 is 1.74. The first kappa shape index (κ1) is 13.8. The highest BCUT2D eigenvalue weighted by Crippen LogP contribution is 2.25. The minimum absolute atomic E-state index is 0.00845. The van der Waals surface area contributed by atoms with Gasteiger partial charge in [-0.05, 0) is 30.7 Å². The van der Waals surface area contributed by atoms with Crippen molar-refractivity contribution in [2.24, 2.45) is 0 Å². The monoisotopic (exact) mass is 368 g/mol. The van der Waals surface area contributed by atoms with E-state index in [4.69, 9.17) is 4.74 Å². The number of aromatic nitrogens is 2. The van der Waals surface area contributed by atoms with Gasteiger partial charge < -0.3 is 9.30 Å². The van der Waals surface area contributed by atoms with Crippen LogP contribution in [0.2, 0.25) is 0 Å². The molecule has 2 aromatic rings. The van der Waals surface area contributed by atoms with E-state index >= 15 is 0 Å². The predicted octanol–water partition coefficient (Wildman–Crippen LogP) is 3.16. The largest absolute Gasteiger partial charge is 0.495 e. The summed E-state index contributed by atoms with van der Waals surface area (Å²) in [5.74, 6) is 0.737. The fourth-order valence-corrected chi connectivity index (χ4v) is 1.91. The van der Waals surface area contributed by atoms with Gasteiger partial charge in [0.2, 0.25) is 3.79 Å². The van der Waals surface area contributed by atoms with Gasteiger partial charge in [-0.15, -0.1) is 0 Å². The summed E-state index contributed by atoms with van der Waals surface area (Å²) in [6.07, 6.45) is 6.97. The molecular formula is C14H13IN2O2. The minimum Gasteiger partial charge on any atom is -0.495 e. The molecule has 0 aliphatic rings. The molecule has 0 bridgehead atoms. The molecule has 98 valence electrons. The lowest BCUT2D eigenvalue weighted by atomic mass is 10.1. The van der Waals surface area contributed by atoms with Crippen LogP contribution in [0.25, 0.3) is 11.8 Å². The lowest BCUT2D eigenvalue weighted by Gasteiger charge is -2.09. The van der Waals surface area contributed by atoms with Gasteiger partial charge in [0.1, 0.15) is 5.75 Å². The Morgan fingerprint density at radius 3 is 2.84 bits per heavy atom. The van der Waals surface area contributed by atoms with Crippen molar-refractivity contribution in [2.45, 2.75) is 6.92 Å². The first-order valence-corrected chi connectivity index (χ1v) is 6.74. The molecule has 0 aliphatic heterocycles. The van der Waals surface area contributed by atoms with E-state index in [0.717, 1.165) is 22.7 Å². The number of allylic oxidation sites excluding steroid dienone is 1. The van der Waals surface area contributed by atoms with Crippen LogP contribution in [0, 0.1) is 6.92 Å². The number of carbonyl (C=O) groups is 1. The maximum atomic E-state index is 10.9. The number of aryl methyl sites for hydroxylation is 1. The summed E-state index contributed by atoms with van der Waals surface area (Å²) in [6.45, 7) is 1.94. The van der Waals surface area contributed by atoms with E-state index in [-0.39, 0.29) is 3.79 Å². The number of hydrogen-bond acceptors (Lipinski definition) is 3. The van der Waals surface area contributed by atoms with Crippen molar-refractivity contribution < 1.29 is 9.53 Å². The van der Waals surface area contributed by atoms with Crippen LogP contribution in [0.4, 0.5) is 0 Å². The van der Waals surface area contributed by atoms with Crippen molar-refractivity contribution in [2.75, 3.05) is 7.11 Å². The van der Waals surface area contributed by atoms with Crippen molar-refractivity contribution in [3.63, 3.8) is 0 Å². The molecule has 0 N–H and O–H groups in total. The number of methoxy groups -OCH3 is 1. The predicted molar refractivity (Wildman–Crippen MR) is 82.9 cm³/mol.